The molecule has 2 N–H and O–H groups in total. The van der Waals surface area contributed by atoms with Crippen LogP contribution in [-0.2, 0) is 17.8 Å². The number of benzene rings is 2. The van der Waals surface area contributed by atoms with E-state index in [1.165, 1.54) is 0 Å². The quantitative estimate of drug-likeness (QED) is 0.759. The molecule has 112 valence electrons. The Balaban J connectivity index is 2.04. The van der Waals surface area contributed by atoms with Crippen molar-refractivity contribution >= 4 is 17.0 Å². The molecule has 0 amide bonds. The Hall–Kier alpha value is -2.82. The van der Waals surface area contributed by atoms with E-state index < -0.39 is 5.97 Å². The number of phenols is 1. The molecule has 1 heterocycles. The van der Waals surface area contributed by atoms with Crippen LogP contribution in [-0.4, -0.2) is 25.7 Å². The van der Waals surface area contributed by atoms with E-state index in [0.29, 0.717) is 18.8 Å². The van der Waals surface area contributed by atoms with E-state index in [-0.39, 0.29) is 12.2 Å². The molecule has 0 bridgehead atoms. The van der Waals surface area contributed by atoms with Crippen LogP contribution in [0.4, 0.5) is 0 Å². The van der Waals surface area contributed by atoms with Gasteiger partial charge in [0.25, 0.3) is 0 Å². The zero-order chi connectivity index (χ0) is 15.5. The first-order chi connectivity index (χ1) is 10.6. The van der Waals surface area contributed by atoms with E-state index in [0.717, 1.165) is 16.6 Å². The van der Waals surface area contributed by atoms with Crippen molar-refractivity contribution in [3.63, 3.8) is 0 Å². The summed E-state index contributed by atoms with van der Waals surface area (Å²) in [4.78, 5) is 15.3. The maximum atomic E-state index is 10.8. The number of nitrogens with zero attached hydrogens (tertiary/aromatic N) is 2. The number of phenolic OH excluding ortho intramolecular Hbond substituents is 1. The Labute approximate surface area is 127 Å². The van der Waals surface area contributed by atoms with Gasteiger partial charge in [-0.3, -0.25) is 4.79 Å². The van der Waals surface area contributed by atoms with Crippen LogP contribution in [0, 0.1) is 0 Å². The summed E-state index contributed by atoms with van der Waals surface area (Å²) in [6.07, 6.45) is 0.391. The topological polar surface area (TPSA) is 75.3 Å². The smallest absolute Gasteiger partial charge is 0.303 e. The largest absolute Gasteiger partial charge is 0.508 e. The van der Waals surface area contributed by atoms with Crippen LogP contribution >= 0.6 is 0 Å². The number of aromatic nitrogens is 2. The van der Waals surface area contributed by atoms with E-state index >= 15 is 0 Å². The van der Waals surface area contributed by atoms with E-state index in [1.807, 2.05) is 34.9 Å². The van der Waals surface area contributed by atoms with Crippen molar-refractivity contribution in [1.82, 2.24) is 9.55 Å². The highest BCUT2D eigenvalue weighted by molar-refractivity contribution is 5.78. The van der Waals surface area contributed by atoms with Gasteiger partial charge in [-0.2, -0.15) is 0 Å². The number of fused-ring (bicyclic) bond motifs is 1. The number of carboxylic acid groups (broad SMARTS) is 1. The Morgan fingerprint density at radius 3 is 2.64 bits per heavy atom. The molecule has 0 aliphatic heterocycles. The lowest BCUT2D eigenvalue weighted by atomic mass is 10.2. The van der Waals surface area contributed by atoms with Crippen LogP contribution in [0.5, 0.6) is 5.75 Å². The van der Waals surface area contributed by atoms with Gasteiger partial charge in [0.1, 0.15) is 11.6 Å². The normalized spacial score (nSPS) is 10.9. The third-order valence-corrected chi connectivity index (χ3v) is 3.56. The highest BCUT2D eigenvalue weighted by atomic mass is 16.4. The zero-order valence-electron chi connectivity index (χ0n) is 11.9. The molecule has 1 aromatic heterocycles. The van der Waals surface area contributed by atoms with Crippen molar-refractivity contribution in [3.05, 3.63) is 59.9 Å². The van der Waals surface area contributed by atoms with Gasteiger partial charge in [-0.05, 0) is 17.7 Å². The number of hydrogen-bond donors (Lipinski definition) is 2. The average molecular weight is 296 g/mol. The van der Waals surface area contributed by atoms with E-state index in [2.05, 4.69) is 4.98 Å². The van der Waals surface area contributed by atoms with Gasteiger partial charge in [-0.15, -0.1) is 0 Å². The summed E-state index contributed by atoms with van der Waals surface area (Å²) in [5.74, 6) is 0.0412. The summed E-state index contributed by atoms with van der Waals surface area (Å²) < 4.78 is 1.97. The number of aliphatic carboxylic acids is 1. The number of aromatic hydroxyl groups is 1. The summed E-state index contributed by atoms with van der Waals surface area (Å²) in [6, 6.07) is 14.9. The predicted molar refractivity (Wildman–Crippen MR) is 82.9 cm³/mol. The summed E-state index contributed by atoms with van der Waals surface area (Å²) in [6.45, 7) is 0.593. The molecule has 5 nitrogen and oxygen atoms in total. The van der Waals surface area contributed by atoms with Crippen LogP contribution in [0.1, 0.15) is 17.8 Å². The standard InChI is InChI=1S/C17H16N2O3/c20-13-6-7-14-15(10-13)19(11-12-4-2-1-3-5-12)16(18-14)8-9-17(21)22/h1-7,10,20H,8-9,11H2,(H,21,22). The predicted octanol–water partition coefficient (Wildman–Crippen LogP) is 2.81. The molecule has 2 aromatic carbocycles. The van der Waals surface area contributed by atoms with Crippen molar-refractivity contribution in [2.75, 3.05) is 0 Å². The molecule has 0 saturated carbocycles. The lowest BCUT2D eigenvalue weighted by molar-refractivity contribution is -0.137. The van der Waals surface area contributed by atoms with Gasteiger partial charge in [0.15, 0.2) is 0 Å². The first-order valence-corrected chi connectivity index (χ1v) is 7.07. The van der Waals surface area contributed by atoms with Crippen LogP contribution in [0.25, 0.3) is 11.0 Å². The minimum absolute atomic E-state index is 0.0318. The summed E-state index contributed by atoms with van der Waals surface area (Å²) >= 11 is 0. The van der Waals surface area contributed by atoms with Gasteiger partial charge in [-0.1, -0.05) is 30.3 Å². The molecule has 0 saturated heterocycles. The number of carboxylic acids is 1. The van der Waals surface area contributed by atoms with Gasteiger partial charge in [0.05, 0.1) is 17.5 Å². The van der Waals surface area contributed by atoms with Crippen molar-refractivity contribution in [2.24, 2.45) is 0 Å². The molecule has 3 aromatic rings. The number of rotatable bonds is 5. The second-order valence-electron chi connectivity index (χ2n) is 5.17. The van der Waals surface area contributed by atoms with E-state index in [9.17, 15) is 9.90 Å². The Morgan fingerprint density at radius 2 is 1.91 bits per heavy atom. The Morgan fingerprint density at radius 1 is 1.14 bits per heavy atom. The van der Waals surface area contributed by atoms with Crippen LogP contribution in [0.2, 0.25) is 0 Å². The molecule has 5 heteroatoms. The summed E-state index contributed by atoms with van der Waals surface area (Å²) in [7, 11) is 0. The lowest BCUT2D eigenvalue weighted by Crippen LogP contribution is -2.07. The number of hydrogen-bond acceptors (Lipinski definition) is 3. The summed E-state index contributed by atoms with van der Waals surface area (Å²) in [5, 5.41) is 18.6. The number of aryl methyl sites for hydroxylation is 1. The molecule has 0 aliphatic carbocycles. The van der Waals surface area contributed by atoms with Crippen LogP contribution in [0.15, 0.2) is 48.5 Å². The fraction of sp³-hybridized carbons (Fsp3) is 0.176. The zero-order valence-corrected chi connectivity index (χ0v) is 11.9. The van der Waals surface area contributed by atoms with Gasteiger partial charge in [-0.25, -0.2) is 4.98 Å². The molecule has 0 fully saturated rings. The van der Waals surface area contributed by atoms with Gasteiger partial charge >= 0.3 is 5.97 Å². The lowest BCUT2D eigenvalue weighted by Gasteiger charge is -2.09. The maximum Gasteiger partial charge on any atom is 0.303 e. The maximum absolute atomic E-state index is 10.8. The SMILES string of the molecule is O=C(O)CCc1nc2ccc(O)cc2n1Cc1ccccc1. The van der Waals surface area contributed by atoms with Crippen molar-refractivity contribution in [3.8, 4) is 5.75 Å². The fourth-order valence-electron chi connectivity index (χ4n) is 2.51. The average Bonchev–Trinajstić information content (AvgIpc) is 2.84. The molecule has 3 rings (SSSR count). The molecule has 0 atom stereocenters. The molecule has 0 aliphatic rings. The number of carbonyl (C=O) groups is 1. The third-order valence-electron chi connectivity index (χ3n) is 3.56. The van der Waals surface area contributed by atoms with Gasteiger partial charge < -0.3 is 14.8 Å². The van der Waals surface area contributed by atoms with Crippen LogP contribution < -0.4 is 0 Å². The van der Waals surface area contributed by atoms with E-state index in [1.54, 1.807) is 18.2 Å². The fourth-order valence-corrected chi connectivity index (χ4v) is 2.51. The van der Waals surface area contributed by atoms with Gasteiger partial charge in [0, 0.05) is 19.0 Å². The van der Waals surface area contributed by atoms with Crippen LogP contribution in [0.3, 0.4) is 0 Å². The second-order valence-corrected chi connectivity index (χ2v) is 5.17. The molecular weight excluding hydrogens is 280 g/mol. The first-order valence-electron chi connectivity index (χ1n) is 7.07. The van der Waals surface area contributed by atoms with Crippen molar-refractivity contribution < 1.29 is 15.0 Å². The minimum atomic E-state index is -0.846. The molecule has 22 heavy (non-hydrogen) atoms. The molecule has 0 radical (unpaired) electrons. The third kappa shape index (κ3) is 2.93. The van der Waals surface area contributed by atoms with Crippen molar-refractivity contribution in [2.45, 2.75) is 19.4 Å². The van der Waals surface area contributed by atoms with Crippen molar-refractivity contribution in [1.29, 1.82) is 0 Å². The minimum Gasteiger partial charge on any atom is -0.508 e. The highest BCUT2D eigenvalue weighted by Crippen LogP contribution is 2.23. The molecule has 0 unspecified atom stereocenters. The Bertz CT molecular complexity index is 809. The second kappa shape index (κ2) is 5.89. The highest BCUT2D eigenvalue weighted by Gasteiger charge is 2.13. The number of imidazole rings is 1. The summed E-state index contributed by atoms with van der Waals surface area (Å²) in [5.41, 5.74) is 2.67. The molecule has 0 spiro atoms. The Kier molecular flexibility index (Phi) is 3.78. The van der Waals surface area contributed by atoms with E-state index in [4.69, 9.17) is 5.11 Å². The first kappa shape index (κ1) is 14.1. The monoisotopic (exact) mass is 296 g/mol. The van der Waals surface area contributed by atoms with Gasteiger partial charge in [0.2, 0.25) is 0 Å². The molecular formula is C17H16N2O3.